The van der Waals surface area contributed by atoms with Crippen molar-refractivity contribution in [1.82, 2.24) is 0 Å². The second kappa shape index (κ2) is 6.78. The number of hydrogen-bond acceptors (Lipinski definition) is 6. The number of aromatic hydroxyl groups is 1. The first-order valence-corrected chi connectivity index (χ1v) is 6.74. The van der Waals surface area contributed by atoms with Crippen molar-refractivity contribution in [3.8, 4) is 11.5 Å². The third-order valence-corrected chi connectivity index (χ3v) is 3.26. The number of nitro groups is 1. The summed E-state index contributed by atoms with van der Waals surface area (Å²) < 4.78 is 10.3. The summed E-state index contributed by atoms with van der Waals surface area (Å²) in [5.74, 6) is -0.583. The quantitative estimate of drug-likeness (QED) is 0.516. The van der Waals surface area contributed by atoms with E-state index in [4.69, 9.17) is 9.47 Å². The van der Waals surface area contributed by atoms with Crippen LogP contribution in [0.25, 0.3) is 0 Å². The molecule has 1 unspecified atom stereocenters. The molecular formula is C16H15NO6. The number of rotatable bonds is 5. The number of phenolic OH excluding ortho intramolecular Hbond substituents is 1. The van der Waals surface area contributed by atoms with E-state index in [0.29, 0.717) is 11.3 Å². The molecule has 1 atom stereocenters. The summed E-state index contributed by atoms with van der Waals surface area (Å²) in [6.45, 7) is 1.59. The van der Waals surface area contributed by atoms with Gasteiger partial charge in [-0.25, -0.2) is 4.79 Å². The predicted octanol–water partition coefficient (Wildman–Crippen LogP) is 3.23. The molecule has 0 aromatic heterocycles. The average Bonchev–Trinajstić information content (AvgIpc) is 2.55. The molecule has 0 saturated carbocycles. The van der Waals surface area contributed by atoms with E-state index in [1.165, 1.54) is 43.5 Å². The van der Waals surface area contributed by atoms with Crippen LogP contribution in [-0.4, -0.2) is 23.1 Å². The Balaban J connectivity index is 2.20. The van der Waals surface area contributed by atoms with Crippen molar-refractivity contribution in [2.45, 2.75) is 13.0 Å². The lowest BCUT2D eigenvalue weighted by Gasteiger charge is -2.14. The molecule has 120 valence electrons. The first-order valence-electron chi connectivity index (χ1n) is 6.74. The lowest BCUT2D eigenvalue weighted by molar-refractivity contribution is -0.385. The summed E-state index contributed by atoms with van der Waals surface area (Å²) in [5.41, 5.74) is 0.353. The molecule has 0 spiro atoms. The van der Waals surface area contributed by atoms with Crippen molar-refractivity contribution >= 4 is 11.7 Å². The minimum absolute atomic E-state index is 0.0402. The van der Waals surface area contributed by atoms with Gasteiger partial charge in [0, 0.05) is 12.1 Å². The van der Waals surface area contributed by atoms with Gasteiger partial charge in [-0.15, -0.1) is 0 Å². The van der Waals surface area contributed by atoms with Crippen molar-refractivity contribution in [3.63, 3.8) is 0 Å². The summed E-state index contributed by atoms with van der Waals surface area (Å²) in [4.78, 5) is 22.4. The Labute approximate surface area is 132 Å². The molecule has 7 heteroatoms. The molecule has 2 aromatic carbocycles. The third-order valence-electron chi connectivity index (χ3n) is 3.26. The number of hydrogen-bond donors (Lipinski definition) is 1. The second-order valence-electron chi connectivity index (χ2n) is 4.78. The van der Waals surface area contributed by atoms with Crippen LogP contribution in [0.3, 0.4) is 0 Å². The molecule has 0 aliphatic heterocycles. The zero-order valence-corrected chi connectivity index (χ0v) is 12.6. The van der Waals surface area contributed by atoms with Gasteiger partial charge in [0.05, 0.1) is 12.0 Å². The number of carbonyl (C=O) groups is 1. The maximum Gasteiger partial charge on any atom is 0.342 e. The number of phenols is 1. The normalized spacial score (nSPS) is 11.6. The maximum atomic E-state index is 12.2. The standard InChI is InChI=1S/C16H15NO6/c1-10(11-4-3-5-12(8-11)17(20)21)23-16(19)14-9-13(22-2)6-7-15(14)18/h3-10,18H,1-2H3. The van der Waals surface area contributed by atoms with Crippen LogP contribution in [0.15, 0.2) is 42.5 Å². The second-order valence-corrected chi connectivity index (χ2v) is 4.78. The fourth-order valence-corrected chi connectivity index (χ4v) is 1.99. The van der Waals surface area contributed by atoms with Gasteiger partial charge >= 0.3 is 5.97 Å². The molecular weight excluding hydrogens is 302 g/mol. The van der Waals surface area contributed by atoms with E-state index in [0.717, 1.165) is 0 Å². The van der Waals surface area contributed by atoms with Gasteiger partial charge in [0.1, 0.15) is 23.2 Å². The Morgan fingerprint density at radius 1 is 1.26 bits per heavy atom. The Hall–Kier alpha value is -3.09. The lowest BCUT2D eigenvalue weighted by atomic mass is 10.1. The minimum atomic E-state index is -0.750. The number of methoxy groups -OCH3 is 1. The van der Waals surface area contributed by atoms with E-state index in [9.17, 15) is 20.0 Å². The van der Waals surface area contributed by atoms with Gasteiger partial charge in [-0.2, -0.15) is 0 Å². The van der Waals surface area contributed by atoms with Gasteiger partial charge in [0.25, 0.3) is 5.69 Å². The van der Waals surface area contributed by atoms with Crippen LogP contribution in [0, 0.1) is 10.1 Å². The fourth-order valence-electron chi connectivity index (χ4n) is 1.99. The summed E-state index contributed by atoms with van der Waals surface area (Å²) in [5, 5.41) is 20.5. The van der Waals surface area contributed by atoms with Crippen LogP contribution in [-0.2, 0) is 4.74 Å². The van der Waals surface area contributed by atoms with E-state index in [1.807, 2.05) is 0 Å². The fraction of sp³-hybridized carbons (Fsp3) is 0.188. The molecule has 0 aliphatic rings. The van der Waals surface area contributed by atoms with Gasteiger partial charge in [-0.1, -0.05) is 12.1 Å². The van der Waals surface area contributed by atoms with Crippen molar-refractivity contribution in [3.05, 3.63) is 63.7 Å². The summed E-state index contributed by atoms with van der Waals surface area (Å²) in [7, 11) is 1.44. The van der Waals surface area contributed by atoms with Gasteiger partial charge in [0.15, 0.2) is 0 Å². The zero-order valence-electron chi connectivity index (χ0n) is 12.6. The number of nitrogens with zero attached hydrogens (tertiary/aromatic N) is 1. The van der Waals surface area contributed by atoms with E-state index in [1.54, 1.807) is 13.0 Å². The Kier molecular flexibility index (Phi) is 4.80. The molecule has 23 heavy (non-hydrogen) atoms. The highest BCUT2D eigenvalue weighted by Crippen LogP contribution is 2.27. The highest BCUT2D eigenvalue weighted by molar-refractivity contribution is 5.93. The Bertz CT molecular complexity index is 743. The SMILES string of the molecule is COc1ccc(O)c(C(=O)OC(C)c2cccc([N+](=O)[O-])c2)c1. The monoisotopic (exact) mass is 317 g/mol. The van der Waals surface area contributed by atoms with Gasteiger partial charge in [-0.3, -0.25) is 10.1 Å². The highest BCUT2D eigenvalue weighted by atomic mass is 16.6. The number of carbonyl (C=O) groups excluding carboxylic acids is 1. The van der Waals surface area contributed by atoms with Gasteiger partial charge in [-0.05, 0) is 30.7 Å². The molecule has 1 N–H and O–H groups in total. The topological polar surface area (TPSA) is 98.9 Å². The van der Waals surface area contributed by atoms with Crippen LogP contribution in [0.2, 0.25) is 0 Å². The molecule has 2 rings (SSSR count). The van der Waals surface area contributed by atoms with Crippen molar-refractivity contribution in [2.24, 2.45) is 0 Å². The molecule has 0 aliphatic carbocycles. The smallest absolute Gasteiger partial charge is 0.342 e. The van der Waals surface area contributed by atoms with E-state index < -0.39 is 17.0 Å². The van der Waals surface area contributed by atoms with Crippen molar-refractivity contribution in [1.29, 1.82) is 0 Å². The van der Waals surface area contributed by atoms with E-state index >= 15 is 0 Å². The lowest BCUT2D eigenvalue weighted by Crippen LogP contribution is -2.10. The highest BCUT2D eigenvalue weighted by Gasteiger charge is 2.19. The number of esters is 1. The molecule has 0 bridgehead atoms. The molecule has 0 saturated heterocycles. The first-order chi connectivity index (χ1) is 10.9. The number of ether oxygens (including phenoxy) is 2. The number of non-ortho nitro benzene ring substituents is 1. The summed E-state index contributed by atoms with van der Waals surface area (Å²) in [6, 6.07) is 10.0. The van der Waals surface area contributed by atoms with Crippen LogP contribution in [0.4, 0.5) is 5.69 Å². The molecule has 0 radical (unpaired) electrons. The summed E-state index contributed by atoms with van der Waals surface area (Å²) in [6.07, 6.45) is -0.715. The van der Waals surface area contributed by atoms with Crippen molar-refractivity contribution < 1.29 is 24.3 Å². The predicted molar refractivity (Wildman–Crippen MR) is 81.6 cm³/mol. The molecule has 0 fully saturated rings. The largest absolute Gasteiger partial charge is 0.507 e. The molecule has 2 aromatic rings. The zero-order chi connectivity index (χ0) is 17.0. The maximum absolute atomic E-state index is 12.2. The average molecular weight is 317 g/mol. The van der Waals surface area contributed by atoms with Crippen LogP contribution < -0.4 is 4.74 Å². The van der Waals surface area contributed by atoms with E-state index in [-0.39, 0.29) is 17.0 Å². The molecule has 7 nitrogen and oxygen atoms in total. The summed E-state index contributed by atoms with van der Waals surface area (Å²) >= 11 is 0. The van der Waals surface area contributed by atoms with Crippen molar-refractivity contribution in [2.75, 3.05) is 7.11 Å². The van der Waals surface area contributed by atoms with Crippen LogP contribution >= 0.6 is 0 Å². The molecule has 0 heterocycles. The number of benzene rings is 2. The minimum Gasteiger partial charge on any atom is -0.507 e. The van der Waals surface area contributed by atoms with Crippen LogP contribution in [0.5, 0.6) is 11.5 Å². The third kappa shape index (κ3) is 3.76. The van der Waals surface area contributed by atoms with E-state index in [2.05, 4.69) is 0 Å². The number of nitro benzene ring substituents is 1. The first kappa shape index (κ1) is 16.3. The molecule has 0 amide bonds. The van der Waals surface area contributed by atoms with Gasteiger partial charge < -0.3 is 14.6 Å². The van der Waals surface area contributed by atoms with Gasteiger partial charge in [0.2, 0.25) is 0 Å². The Morgan fingerprint density at radius 2 is 2.00 bits per heavy atom. The Morgan fingerprint density at radius 3 is 2.65 bits per heavy atom. The van der Waals surface area contributed by atoms with Crippen LogP contribution in [0.1, 0.15) is 28.9 Å².